The van der Waals surface area contributed by atoms with Gasteiger partial charge in [0.1, 0.15) is 5.60 Å². The maximum atomic E-state index is 10.8. The first-order valence-electron chi connectivity index (χ1n) is 10.6. The average Bonchev–Trinajstić information content (AvgIpc) is 3.26. The highest BCUT2D eigenvalue weighted by Crippen LogP contribution is 2.25. The van der Waals surface area contributed by atoms with Gasteiger partial charge in [0.2, 0.25) is 0 Å². The van der Waals surface area contributed by atoms with Crippen LogP contribution in [0.5, 0.6) is 0 Å². The molecule has 0 saturated carbocycles. The molecule has 6 nitrogen and oxygen atoms in total. The number of hydrogen-bond acceptors (Lipinski definition) is 5. The van der Waals surface area contributed by atoms with Crippen molar-refractivity contribution in [3.63, 3.8) is 0 Å². The standard InChI is InChI=1S/C21H38N4O2S/c1-5-17(6-2)18(25-10-12-27-13-11-25)15-23-20(22-7-3)24-16-21(4,26)19-9-8-14-28-19/h8-9,14,17-18,26H,5-7,10-13,15-16H2,1-4H3,(H2,22,23,24). The molecule has 2 heterocycles. The fourth-order valence-electron chi connectivity index (χ4n) is 3.77. The smallest absolute Gasteiger partial charge is 0.191 e. The number of rotatable bonds is 10. The Bertz CT molecular complexity index is 567. The molecule has 2 rings (SSSR count). The molecule has 1 aromatic heterocycles. The van der Waals surface area contributed by atoms with E-state index in [0.717, 1.165) is 50.2 Å². The topological polar surface area (TPSA) is 69.1 Å². The van der Waals surface area contributed by atoms with Crippen molar-refractivity contribution in [1.29, 1.82) is 0 Å². The molecular weight excluding hydrogens is 372 g/mol. The van der Waals surface area contributed by atoms with Crippen LogP contribution in [-0.4, -0.2) is 67.9 Å². The number of nitrogens with one attached hydrogen (secondary N) is 2. The van der Waals surface area contributed by atoms with Gasteiger partial charge in [-0.15, -0.1) is 11.3 Å². The minimum Gasteiger partial charge on any atom is -0.383 e. The van der Waals surface area contributed by atoms with Crippen LogP contribution in [0.4, 0.5) is 0 Å². The molecule has 7 heteroatoms. The molecule has 0 bridgehead atoms. The van der Waals surface area contributed by atoms with E-state index < -0.39 is 5.60 Å². The van der Waals surface area contributed by atoms with Gasteiger partial charge >= 0.3 is 0 Å². The second-order valence-electron chi connectivity index (χ2n) is 7.62. The minimum absolute atomic E-state index is 0.329. The number of ether oxygens (including phenoxy) is 1. The largest absolute Gasteiger partial charge is 0.383 e. The second kappa shape index (κ2) is 11.8. The molecule has 1 aromatic rings. The molecule has 0 aromatic carbocycles. The number of nitrogens with zero attached hydrogens (tertiary/aromatic N) is 2. The van der Waals surface area contributed by atoms with Gasteiger partial charge in [-0.25, -0.2) is 4.99 Å². The van der Waals surface area contributed by atoms with Crippen molar-refractivity contribution in [1.82, 2.24) is 15.5 Å². The summed E-state index contributed by atoms with van der Waals surface area (Å²) in [7, 11) is 0. The van der Waals surface area contributed by atoms with Crippen molar-refractivity contribution < 1.29 is 9.84 Å². The number of aliphatic hydroxyl groups is 1. The van der Waals surface area contributed by atoms with Crippen LogP contribution in [0.2, 0.25) is 0 Å². The summed E-state index contributed by atoms with van der Waals surface area (Å²) in [5, 5.41) is 19.6. The van der Waals surface area contributed by atoms with Gasteiger partial charge in [-0.3, -0.25) is 4.90 Å². The number of morpholine rings is 1. The average molecular weight is 411 g/mol. The van der Waals surface area contributed by atoms with Crippen molar-refractivity contribution in [2.45, 2.75) is 52.2 Å². The van der Waals surface area contributed by atoms with Crippen molar-refractivity contribution in [2.24, 2.45) is 10.9 Å². The summed E-state index contributed by atoms with van der Waals surface area (Å²) in [5.41, 5.74) is -0.949. The molecule has 1 saturated heterocycles. The van der Waals surface area contributed by atoms with Crippen molar-refractivity contribution >= 4 is 17.3 Å². The quantitative estimate of drug-likeness (QED) is 0.409. The molecule has 0 radical (unpaired) electrons. The third kappa shape index (κ3) is 6.72. The predicted octanol–water partition coefficient (Wildman–Crippen LogP) is 2.65. The van der Waals surface area contributed by atoms with Crippen LogP contribution in [0.25, 0.3) is 0 Å². The summed E-state index contributed by atoms with van der Waals surface area (Å²) < 4.78 is 5.55. The first-order chi connectivity index (χ1) is 13.5. The van der Waals surface area contributed by atoms with Crippen LogP contribution >= 0.6 is 11.3 Å². The zero-order valence-corrected chi connectivity index (χ0v) is 18.7. The summed E-state index contributed by atoms with van der Waals surface area (Å²) in [4.78, 5) is 8.17. The predicted molar refractivity (Wildman–Crippen MR) is 118 cm³/mol. The van der Waals surface area contributed by atoms with Gasteiger partial charge in [0.25, 0.3) is 0 Å². The summed E-state index contributed by atoms with van der Waals surface area (Å²) in [6, 6.07) is 4.38. The Morgan fingerprint density at radius 3 is 2.57 bits per heavy atom. The third-order valence-corrected chi connectivity index (χ3v) is 6.65. The van der Waals surface area contributed by atoms with E-state index in [9.17, 15) is 5.11 Å². The molecule has 160 valence electrons. The van der Waals surface area contributed by atoms with E-state index in [1.165, 1.54) is 12.8 Å². The van der Waals surface area contributed by atoms with Crippen molar-refractivity contribution in [3.05, 3.63) is 22.4 Å². The third-order valence-electron chi connectivity index (χ3n) is 5.53. The Labute approximate surface area is 174 Å². The van der Waals surface area contributed by atoms with Gasteiger partial charge in [0.05, 0.1) is 19.8 Å². The van der Waals surface area contributed by atoms with E-state index in [1.54, 1.807) is 11.3 Å². The molecule has 1 aliphatic rings. The Balaban J connectivity index is 2.03. The van der Waals surface area contributed by atoms with Crippen LogP contribution in [-0.2, 0) is 10.3 Å². The maximum absolute atomic E-state index is 10.8. The normalized spacial score (nSPS) is 19.4. The van der Waals surface area contributed by atoms with Gasteiger partial charge in [0, 0.05) is 37.1 Å². The Morgan fingerprint density at radius 2 is 2.00 bits per heavy atom. The first-order valence-corrected chi connectivity index (χ1v) is 11.5. The summed E-state index contributed by atoms with van der Waals surface area (Å²) >= 11 is 1.56. The minimum atomic E-state index is -0.949. The first kappa shape index (κ1) is 23.1. The molecule has 28 heavy (non-hydrogen) atoms. The van der Waals surface area contributed by atoms with Gasteiger partial charge in [-0.05, 0) is 31.2 Å². The Morgan fingerprint density at radius 1 is 1.29 bits per heavy atom. The van der Waals surface area contributed by atoms with Gasteiger partial charge in [-0.2, -0.15) is 0 Å². The zero-order valence-electron chi connectivity index (χ0n) is 17.9. The molecule has 0 aliphatic carbocycles. The fourth-order valence-corrected chi connectivity index (χ4v) is 4.55. The molecule has 1 aliphatic heterocycles. The van der Waals surface area contributed by atoms with Crippen molar-refractivity contribution in [3.8, 4) is 0 Å². The van der Waals surface area contributed by atoms with Crippen LogP contribution in [0.1, 0.15) is 45.4 Å². The van der Waals surface area contributed by atoms with E-state index >= 15 is 0 Å². The lowest BCUT2D eigenvalue weighted by molar-refractivity contribution is 0.00270. The van der Waals surface area contributed by atoms with Gasteiger partial charge in [0.15, 0.2) is 5.96 Å². The molecule has 0 amide bonds. The zero-order chi connectivity index (χ0) is 20.4. The number of guanidine groups is 1. The van der Waals surface area contributed by atoms with E-state index in [4.69, 9.17) is 4.74 Å². The summed E-state index contributed by atoms with van der Waals surface area (Å²) in [5.74, 6) is 1.41. The second-order valence-corrected chi connectivity index (χ2v) is 8.57. The van der Waals surface area contributed by atoms with E-state index in [2.05, 4.69) is 41.3 Å². The molecule has 0 spiro atoms. The van der Waals surface area contributed by atoms with Crippen molar-refractivity contribution in [2.75, 3.05) is 45.9 Å². The van der Waals surface area contributed by atoms with Crippen LogP contribution in [0.15, 0.2) is 22.5 Å². The van der Waals surface area contributed by atoms with E-state index in [1.807, 2.05) is 24.4 Å². The van der Waals surface area contributed by atoms with Gasteiger partial charge in [-0.1, -0.05) is 32.8 Å². The number of thiophene rings is 1. The maximum Gasteiger partial charge on any atom is 0.191 e. The van der Waals surface area contributed by atoms with Crippen LogP contribution in [0.3, 0.4) is 0 Å². The fraction of sp³-hybridized carbons (Fsp3) is 0.762. The number of hydrogen-bond donors (Lipinski definition) is 3. The monoisotopic (exact) mass is 410 g/mol. The highest BCUT2D eigenvalue weighted by molar-refractivity contribution is 7.10. The summed E-state index contributed by atoms with van der Waals surface area (Å²) in [6.07, 6.45) is 2.34. The molecule has 3 N–H and O–H groups in total. The lowest BCUT2D eigenvalue weighted by Gasteiger charge is -2.39. The molecule has 1 fully saturated rings. The van der Waals surface area contributed by atoms with E-state index in [-0.39, 0.29) is 0 Å². The molecular formula is C21H38N4O2S. The van der Waals surface area contributed by atoms with Crippen LogP contribution < -0.4 is 10.6 Å². The highest BCUT2D eigenvalue weighted by Gasteiger charge is 2.27. The Kier molecular flexibility index (Phi) is 9.71. The lowest BCUT2D eigenvalue weighted by Crippen LogP contribution is -2.53. The highest BCUT2D eigenvalue weighted by atomic mass is 32.1. The number of aliphatic imine (C=N–C) groups is 1. The summed E-state index contributed by atoms with van der Waals surface area (Å²) in [6.45, 7) is 14.0. The van der Waals surface area contributed by atoms with Gasteiger partial charge < -0.3 is 20.5 Å². The SMILES string of the molecule is CCNC(=NCC(C)(O)c1cccs1)NCC(C(CC)CC)N1CCOCC1. The Hall–Kier alpha value is -1.15. The van der Waals surface area contributed by atoms with Crippen LogP contribution in [0, 0.1) is 5.92 Å². The lowest BCUT2D eigenvalue weighted by atomic mass is 9.92. The van der Waals surface area contributed by atoms with E-state index in [0.29, 0.717) is 18.5 Å². The molecule has 2 unspecified atom stereocenters. The molecule has 2 atom stereocenters.